The van der Waals surface area contributed by atoms with Crippen LogP contribution in [0.3, 0.4) is 0 Å². The van der Waals surface area contributed by atoms with Crippen molar-refractivity contribution in [3.05, 3.63) is 58.6 Å². The van der Waals surface area contributed by atoms with Crippen LogP contribution in [0.15, 0.2) is 41.4 Å². The van der Waals surface area contributed by atoms with Crippen LogP contribution in [0.4, 0.5) is 9.52 Å². The summed E-state index contributed by atoms with van der Waals surface area (Å²) in [4.78, 5) is 20.5. The number of nitrogens with zero attached hydrogens (tertiary/aromatic N) is 2. The Morgan fingerprint density at radius 2 is 2.22 bits per heavy atom. The summed E-state index contributed by atoms with van der Waals surface area (Å²) < 4.78 is 18.7. The molecule has 3 rings (SSSR count). The molecule has 1 N–H and O–H groups in total. The lowest BCUT2D eigenvalue weighted by molar-refractivity contribution is 0.102. The molecular formula is C19H20FN3O2S2. The fourth-order valence-electron chi connectivity index (χ4n) is 2.58. The van der Waals surface area contributed by atoms with Gasteiger partial charge in [0.1, 0.15) is 11.5 Å². The van der Waals surface area contributed by atoms with Gasteiger partial charge < -0.3 is 4.74 Å². The van der Waals surface area contributed by atoms with Crippen LogP contribution in [-0.2, 0) is 4.74 Å². The summed E-state index contributed by atoms with van der Waals surface area (Å²) in [6.45, 7) is 1.28. The van der Waals surface area contributed by atoms with Gasteiger partial charge in [0.25, 0.3) is 5.91 Å². The van der Waals surface area contributed by atoms with Gasteiger partial charge in [-0.15, -0.1) is 11.3 Å². The monoisotopic (exact) mass is 405 g/mol. The molecular weight excluding hydrogens is 385 g/mol. The van der Waals surface area contributed by atoms with Crippen LogP contribution in [0.1, 0.15) is 29.0 Å². The molecule has 2 aromatic rings. The van der Waals surface area contributed by atoms with E-state index in [4.69, 9.17) is 4.74 Å². The second-order valence-electron chi connectivity index (χ2n) is 5.82. The summed E-state index contributed by atoms with van der Waals surface area (Å²) in [6, 6.07) is 2.55. The largest absolute Gasteiger partial charge is 0.376 e. The van der Waals surface area contributed by atoms with Crippen LogP contribution in [0.2, 0.25) is 0 Å². The van der Waals surface area contributed by atoms with E-state index in [9.17, 15) is 9.18 Å². The second kappa shape index (κ2) is 9.77. The van der Waals surface area contributed by atoms with E-state index in [2.05, 4.69) is 33.7 Å². The topological polar surface area (TPSA) is 64.1 Å². The molecule has 1 aliphatic carbocycles. The van der Waals surface area contributed by atoms with Crippen molar-refractivity contribution < 1.29 is 13.9 Å². The molecule has 2 aromatic heterocycles. The molecule has 0 radical (unpaired) electrons. The average molecular weight is 406 g/mol. The molecule has 8 heteroatoms. The molecule has 0 saturated carbocycles. The number of allylic oxidation sites excluding steroid dienone is 2. The molecule has 0 saturated heterocycles. The standard InChI is InChI=1S/C19H20FN3O2S2/c1-26-9-8-25-11-13-4-2-3-5-15(13)17-12-27-19(22-17)23-18(24)16-7-6-14(20)10-21-16/h4-7,10,12H,2-3,8-9,11H2,1H3,(H,22,23,24). The quantitative estimate of drug-likeness (QED) is 0.659. The first kappa shape index (κ1) is 19.7. The lowest BCUT2D eigenvalue weighted by Gasteiger charge is -2.15. The fraction of sp³-hybridized carbons (Fsp3) is 0.316. The van der Waals surface area contributed by atoms with Gasteiger partial charge >= 0.3 is 0 Å². The van der Waals surface area contributed by atoms with Crippen LogP contribution in [0.5, 0.6) is 0 Å². The van der Waals surface area contributed by atoms with Crippen LogP contribution < -0.4 is 5.32 Å². The predicted molar refractivity (Wildman–Crippen MR) is 109 cm³/mol. The number of carbonyl (C=O) groups excluding carboxylic acids is 1. The lowest BCUT2D eigenvalue weighted by atomic mass is 9.96. The number of nitrogens with one attached hydrogen (secondary N) is 1. The van der Waals surface area contributed by atoms with Gasteiger partial charge in [-0.1, -0.05) is 12.2 Å². The van der Waals surface area contributed by atoms with Gasteiger partial charge in [-0.05, 0) is 36.8 Å². The minimum atomic E-state index is -0.480. The molecule has 142 valence electrons. The first-order valence-corrected chi connectivity index (χ1v) is 10.8. The Bertz CT molecular complexity index is 847. The number of halogens is 1. The Morgan fingerprint density at radius 1 is 1.37 bits per heavy atom. The molecule has 5 nitrogen and oxygen atoms in total. The highest BCUT2D eigenvalue weighted by Crippen LogP contribution is 2.31. The number of thiazole rings is 1. The SMILES string of the molecule is CSCCOCC1=CCCC=C1c1csc(NC(=O)c2ccc(F)cn2)n1. The average Bonchev–Trinajstić information content (AvgIpc) is 3.14. The normalized spacial score (nSPS) is 13.9. The Balaban J connectivity index is 1.65. The van der Waals surface area contributed by atoms with Crippen molar-refractivity contribution in [3.63, 3.8) is 0 Å². The van der Waals surface area contributed by atoms with E-state index in [1.165, 1.54) is 23.5 Å². The number of hydrogen-bond acceptors (Lipinski definition) is 6. The number of aromatic nitrogens is 2. The summed E-state index contributed by atoms with van der Waals surface area (Å²) in [5.41, 5.74) is 3.15. The zero-order valence-electron chi connectivity index (χ0n) is 14.9. The van der Waals surface area contributed by atoms with Crippen LogP contribution in [0, 0.1) is 5.82 Å². The second-order valence-corrected chi connectivity index (χ2v) is 7.67. The van der Waals surface area contributed by atoms with Crippen molar-refractivity contribution in [3.8, 4) is 0 Å². The Hall–Kier alpha value is -2.03. The fourth-order valence-corrected chi connectivity index (χ4v) is 3.57. The van der Waals surface area contributed by atoms with Crippen molar-refractivity contribution >= 4 is 39.7 Å². The van der Waals surface area contributed by atoms with Crippen molar-refractivity contribution in [1.29, 1.82) is 0 Å². The Labute approximate surface area is 165 Å². The molecule has 0 aromatic carbocycles. The first-order valence-electron chi connectivity index (χ1n) is 8.52. The summed E-state index contributed by atoms with van der Waals surface area (Å²) in [5.74, 6) is 0.0764. The number of anilines is 1. The molecule has 2 heterocycles. The van der Waals surface area contributed by atoms with E-state index >= 15 is 0 Å². The van der Waals surface area contributed by atoms with Gasteiger partial charge in [-0.3, -0.25) is 10.1 Å². The van der Waals surface area contributed by atoms with E-state index in [0.29, 0.717) is 11.7 Å². The highest BCUT2D eigenvalue weighted by atomic mass is 32.2. The highest BCUT2D eigenvalue weighted by molar-refractivity contribution is 7.98. The van der Waals surface area contributed by atoms with Crippen LogP contribution in [-0.4, -0.2) is 41.1 Å². The number of carbonyl (C=O) groups is 1. The minimum absolute atomic E-state index is 0.146. The first-order chi connectivity index (χ1) is 13.2. The third kappa shape index (κ3) is 5.47. The third-order valence-electron chi connectivity index (χ3n) is 3.90. The third-order valence-corrected chi connectivity index (χ3v) is 5.23. The summed E-state index contributed by atoms with van der Waals surface area (Å²) in [7, 11) is 0. The van der Waals surface area contributed by atoms with Gasteiger partial charge in [-0.25, -0.2) is 14.4 Å². The van der Waals surface area contributed by atoms with Crippen molar-refractivity contribution in [1.82, 2.24) is 9.97 Å². The van der Waals surface area contributed by atoms with E-state index in [1.807, 2.05) is 5.38 Å². The van der Waals surface area contributed by atoms with Crippen molar-refractivity contribution in [2.45, 2.75) is 12.8 Å². The van der Waals surface area contributed by atoms with E-state index in [0.717, 1.165) is 48.2 Å². The highest BCUT2D eigenvalue weighted by Gasteiger charge is 2.16. The predicted octanol–water partition coefficient (Wildman–Crippen LogP) is 4.41. The molecule has 0 bridgehead atoms. The molecule has 0 fully saturated rings. The van der Waals surface area contributed by atoms with Gasteiger partial charge in [0.15, 0.2) is 5.13 Å². The minimum Gasteiger partial charge on any atom is -0.376 e. The summed E-state index contributed by atoms with van der Waals surface area (Å²) >= 11 is 3.10. The maximum atomic E-state index is 12.9. The smallest absolute Gasteiger partial charge is 0.276 e. The van der Waals surface area contributed by atoms with Gasteiger partial charge in [0.05, 0.1) is 25.1 Å². The molecule has 27 heavy (non-hydrogen) atoms. The number of rotatable bonds is 8. The maximum Gasteiger partial charge on any atom is 0.276 e. The van der Waals surface area contributed by atoms with Crippen molar-refractivity contribution in [2.24, 2.45) is 0 Å². The molecule has 1 amide bonds. The van der Waals surface area contributed by atoms with Crippen LogP contribution >= 0.6 is 23.1 Å². The van der Waals surface area contributed by atoms with Gasteiger partial charge in [-0.2, -0.15) is 11.8 Å². The van der Waals surface area contributed by atoms with Crippen molar-refractivity contribution in [2.75, 3.05) is 30.5 Å². The van der Waals surface area contributed by atoms with E-state index < -0.39 is 11.7 Å². The Morgan fingerprint density at radius 3 is 3.00 bits per heavy atom. The number of pyridine rings is 1. The lowest BCUT2D eigenvalue weighted by Crippen LogP contribution is -2.13. The van der Waals surface area contributed by atoms with Crippen LogP contribution in [0.25, 0.3) is 5.57 Å². The molecule has 1 aliphatic rings. The number of ether oxygens (including phenoxy) is 1. The number of thioether (sulfide) groups is 1. The van der Waals surface area contributed by atoms with E-state index in [-0.39, 0.29) is 5.69 Å². The number of amides is 1. The summed E-state index contributed by atoms with van der Waals surface area (Å²) in [6.07, 6.45) is 9.38. The van der Waals surface area contributed by atoms with Gasteiger partial charge in [0, 0.05) is 16.7 Å². The molecule has 0 unspecified atom stereocenters. The Kier molecular flexibility index (Phi) is 7.14. The number of hydrogen-bond donors (Lipinski definition) is 1. The zero-order chi connectivity index (χ0) is 19.1. The zero-order valence-corrected chi connectivity index (χ0v) is 16.5. The molecule has 0 aliphatic heterocycles. The molecule has 0 atom stereocenters. The van der Waals surface area contributed by atoms with E-state index in [1.54, 1.807) is 11.8 Å². The summed E-state index contributed by atoms with van der Waals surface area (Å²) in [5, 5.41) is 5.11. The maximum absolute atomic E-state index is 12.9. The molecule has 0 spiro atoms. The van der Waals surface area contributed by atoms with Gasteiger partial charge in [0.2, 0.25) is 0 Å².